The second kappa shape index (κ2) is 6.25. The van der Waals surface area contributed by atoms with Crippen molar-refractivity contribution in [3.8, 4) is 0 Å². The van der Waals surface area contributed by atoms with Gasteiger partial charge >= 0.3 is 0 Å². The van der Waals surface area contributed by atoms with E-state index in [2.05, 4.69) is 19.2 Å². The number of rotatable bonds is 7. The Balaban J connectivity index is 1.62. The fourth-order valence-electron chi connectivity index (χ4n) is 3.93. The summed E-state index contributed by atoms with van der Waals surface area (Å²) in [6.07, 6.45) is 8.18. The molecule has 3 nitrogen and oxygen atoms in total. The largest absolute Gasteiger partial charge is 0.356 e. The molecule has 3 unspecified atom stereocenters. The molecule has 0 aromatic heterocycles. The van der Waals surface area contributed by atoms with Crippen molar-refractivity contribution in [2.24, 2.45) is 28.9 Å². The Morgan fingerprint density at radius 1 is 1.26 bits per heavy atom. The number of nitrogens with one attached hydrogen (secondary N) is 1. The van der Waals surface area contributed by atoms with E-state index in [1.807, 2.05) is 0 Å². The third-order valence-electron chi connectivity index (χ3n) is 5.30. The average molecular weight is 266 g/mol. The highest BCUT2D eigenvalue weighted by molar-refractivity contribution is 5.75. The van der Waals surface area contributed by atoms with E-state index in [1.54, 1.807) is 0 Å². The average Bonchev–Trinajstić information content (AvgIpc) is 2.96. The van der Waals surface area contributed by atoms with Gasteiger partial charge in [0.1, 0.15) is 0 Å². The van der Waals surface area contributed by atoms with Crippen molar-refractivity contribution in [2.75, 3.05) is 13.1 Å². The lowest BCUT2D eigenvalue weighted by molar-refractivity contribution is -0.121. The van der Waals surface area contributed by atoms with E-state index < -0.39 is 0 Å². The van der Waals surface area contributed by atoms with Gasteiger partial charge in [-0.15, -0.1) is 0 Å². The van der Waals surface area contributed by atoms with Crippen LogP contribution in [0.4, 0.5) is 0 Å². The second-order valence-electron chi connectivity index (χ2n) is 7.44. The second-order valence-corrected chi connectivity index (χ2v) is 7.44. The van der Waals surface area contributed by atoms with Gasteiger partial charge < -0.3 is 11.1 Å². The highest BCUT2D eigenvalue weighted by Gasteiger charge is 2.39. The molecule has 2 rings (SSSR count). The number of hydrogen-bond donors (Lipinski definition) is 2. The van der Waals surface area contributed by atoms with Crippen LogP contribution in [-0.4, -0.2) is 19.0 Å². The molecular formula is C16H30N2O. The van der Waals surface area contributed by atoms with E-state index in [9.17, 15) is 4.79 Å². The van der Waals surface area contributed by atoms with Crippen molar-refractivity contribution in [3.63, 3.8) is 0 Å². The molecule has 2 fully saturated rings. The number of carbonyl (C=O) groups is 1. The predicted octanol–water partition coefficient (Wildman–Crippen LogP) is 2.69. The zero-order chi connectivity index (χ0) is 13.9. The minimum atomic E-state index is 0.193. The van der Waals surface area contributed by atoms with E-state index >= 15 is 0 Å². The number of nitrogens with two attached hydrogens (primary N) is 1. The van der Waals surface area contributed by atoms with E-state index in [4.69, 9.17) is 5.73 Å². The zero-order valence-electron chi connectivity index (χ0n) is 12.6. The molecule has 3 atom stereocenters. The van der Waals surface area contributed by atoms with Gasteiger partial charge in [-0.2, -0.15) is 0 Å². The topological polar surface area (TPSA) is 55.1 Å². The third kappa shape index (κ3) is 4.20. The highest BCUT2D eigenvalue weighted by Crippen LogP contribution is 2.47. The van der Waals surface area contributed by atoms with Gasteiger partial charge in [0, 0.05) is 13.0 Å². The molecule has 3 heteroatoms. The molecule has 19 heavy (non-hydrogen) atoms. The van der Waals surface area contributed by atoms with E-state index in [0.717, 1.165) is 37.1 Å². The lowest BCUT2D eigenvalue weighted by Crippen LogP contribution is -2.32. The normalized spacial score (nSPS) is 29.7. The molecule has 2 saturated carbocycles. The van der Waals surface area contributed by atoms with E-state index in [0.29, 0.717) is 13.0 Å². The van der Waals surface area contributed by atoms with Crippen molar-refractivity contribution in [2.45, 2.75) is 58.8 Å². The first kappa shape index (κ1) is 14.8. The molecule has 0 aliphatic heterocycles. The van der Waals surface area contributed by atoms with E-state index in [-0.39, 0.29) is 11.3 Å². The Labute approximate surface area is 117 Å². The molecule has 0 aromatic rings. The van der Waals surface area contributed by atoms with Crippen LogP contribution >= 0.6 is 0 Å². The predicted molar refractivity (Wildman–Crippen MR) is 78.6 cm³/mol. The Morgan fingerprint density at radius 2 is 2.05 bits per heavy atom. The highest BCUT2D eigenvalue weighted by atomic mass is 16.1. The zero-order valence-corrected chi connectivity index (χ0v) is 12.6. The maximum absolute atomic E-state index is 11.9. The van der Waals surface area contributed by atoms with E-state index in [1.165, 1.54) is 25.7 Å². The molecule has 110 valence electrons. The van der Waals surface area contributed by atoms with Gasteiger partial charge in [-0.3, -0.25) is 4.79 Å². The quantitative estimate of drug-likeness (QED) is 0.744. The molecule has 0 spiro atoms. The van der Waals surface area contributed by atoms with Gasteiger partial charge in [0.05, 0.1) is 0 Å². The SMILES string of the molecule is CC(C)(CCN)CCC(=O)NCC1CC2CCC1C2. The third-order valence-corrected chi connectivity index (χ3v) is 5.30. The van der Waals surface area contributed by atoms with Crippen LogP contribution in [0.3, 0.4) is 0 Å². The summed E-state index contributed by atoms with van der Waals surface area (Å²) in [5.74, 6) is 2.86. The van der Waals surface area contributed by atoms with Crippen molar-refractivity contribution >= 4 is 5.91 Å². The molecule has 0 saturated heterocycles. The van der Waals surface area contributed by atoms with Crippen LogP contribution < -0.4 is 11.1 Å². The van der Waals surface area contributed by atoms with Crippen LogP contribution in [0, 0.1) is 23.2 Å². The van der Waals surface area contributed by atoms with Crippen LogP contribution in [0.2, 0.25) is 0 Å². The first-order valence-electron chi connectivity index (χ1n) is 7.97. The molecule has 2 aliphatic carbocycles. The minimum absolute atomic E-state index is 0.193. The van der Waals surface area contributed by atoms with Crippen molar-refractivity contribution in [1.29, 1.82) is 0 Å². The van der Waals surface area contributed by atoms with Gasteiger partial charge in [-0.25, -0.2) is 0 Å². The summed E-state index contributed by atoms with van der Waals surface area (Å²) >= 11 is 0. The maximum Gasteiger partial charge on any atom is 0.220 e. The minimum Gasteiger partial charge on any atom is -0.356 e. The molecule has 0 aromatic carbocycles. The molecule has 0 heterocycles. The summed E-state index contributed by atoms with van der Waals surface area (Å²) in [6, 6.07) is 0. The van der Waals surface area contributed by atoms with Gasteiger partial charge in [-0.05, 0) is 61.8 Å². The molecule has 2 bridgehead atoms. The fourth-order valence-corrected chi connectivity index (χ4v) is 3.93. The number of fused-ring (bicyclic) bond motifs is 2. The lowest BCUT2D eigenvalue weighted by Gasteiger charge is -2.24. The molecule has 2 aliphatic rings. The first-order valence-corrected chi connectivity index (χ1v) is 7.97. The van der Waals surface area contributed by atoms with Crippen LogP contribution in [0.1, 0.15) is 58.8 Å². The fraction of sp³-hybridized carbons (Fsp3) is 0.938. The molecule has 0 radical (unpaired) electrons. The van der Waals surface area contributed by atoms with Crippen molar-refractivity contribution in [1.82, 2.24) is 5.32 Å². The van der Waals surface area contributed by atoms with Gasteiger partial charge in [0.15, 0.2) is 0 Å². The van der Waals surface area contributed by atoms with Crippen LogP contribution in [0.5, 0.6) is 0 Å². The maximum atomic E-state index is 11.9. The summed E-state index contributed by atoms with van der Waals surface area (Å²) < 4.78 is 0. The number of carbonyl (C=O) groups excluding carboxylic acids is 1. The summed E-state index contributed by atoms with van der Waals surface area (Å²) in [4.78, 5) is 11.9. The Bertz CT molecular complexity index is 314. The summed E-state index contributed by atoms with van der Waals surface area (Å²) in [5, 5.41) is 3.15. The van der Waals surface area contributed by atoms with Gasteiger partial charge in [-0.1, -0.05) is 20.3 Å². The van der Waals surface area contributed by atoms with Crippen molar-refractivity contribution < 1.29 is 4.79 Å². The standard InChI is InChI=1S/C16H30N2O/c1-16(2,7-8-17)6-5-15(19)18-11-14-10-12-3-4-13(14)9-12/h12-14H,3-11,17H2,1-2H3,(H,18,19). The van der Waals surface area contributed by atoms with Crippen LogP contribution in [0.15, 0.2) is 0 Å². The molecular weight excluding hydrogens is 236 g/mol. The number of amides is 1. The monoisotopic (exact) mass is 266 g/mol. The summed E-state index contributed by atoms with van der Waals surface area (Å²) in [6.45, 7) is 6.02. The summed E-state index contributed by atoms with van der Waals surface area (Å²) in [7, 11) is 0. The molecule has 1 amide bonds. The smallest absolute Gasteiger partial charge is 0.220 e. The van der Waals surface area contributed by atoms with Crippen molar-refractivity contribution in [3.05, 3.63) is 0 Å². The first-order chi connectivity index (χ1) is 9.00. The van der Waals surface area contributed by atoms with Crippen LogP contribution in [-0.2, 0) is 4.79 Å². The Morgan fingerprint density at radius 3 is 2.63 bits per heavy atom. The number of hydrogen-bond acceptors (Lipinski definition) is 2. The Hall–Kier alpha value is -0.570. The lowest BCUT2D eigenvalue weighted by atomic mass is 9.84. The summed E-state index contributed by atoms with van der Waals surface area (Å²) in [5.41, 5.74) is 5.79. The van der Waals surface area contributed by atoms with Crippen LogP contribution in [0.25, 0.3) is 0 Å². The molecule has 3 N–H and O–H groups in total. The van der Waals surface area contributed by atoms with Gasteiger partial charge in [0.2, 0.25) is 5.91 Å². The Kier molecular flexibility index (Phi) is 4.88. The van der Waals surface area contributed by atoms with Gasteiger partial charge in [0.25, 0.3) is 0 Å².